The fourth-order valence-electron chi connectivity index (χ4n) is 2.10. The minimum Gasteiger partial charge on any atom is -0.379 e. The van der Waals surface area contributed by atoms with Crippen LogP contribution in [-0.2, 0) is 4.74 Å². The van der Waals surface area contributed by atoms with Crippen molar-refractivity contribution in [1.82, 2.24) is 0 Å². The Kier molecular flexibility index (Phi) is 3.94. The zero-order valence-electron chi connectivity index (χ0n) is 10.3. The van der Waals surface area contributed by atoms with Crippen molar-refractivity contribution in [2.75, 3.05) is 11.9 Å². The van der Waals surface area contributed by atoms with Crippen LogP contribution in [0, 0.1) is 10.1 Å². The average Bonchev–Trinajstić information content (AvgIpc) is 2.75. The summed E-state index contributed by atoms with van der Waals surface area (Å²) < 4.78 is 31.2. The second-order valence-corrected chi connectivity index (χ2v) is 4.44. The van der Waals surface area contributed by atoms with E-state index in [-0.39, 0.29) is 29.1 Å². The molecule has 0 spiro atoms. The lowest BCUT2D eigenvalue weighted by atomic mass is 10.1. The van der Waals surface area contributed by atoms with E-state index < -0.39 is 11.3 Å². The minimum absolute atomic E-state index is 0.0565. The molecule has 7 heteroatoms. The van der Waals surface area contributed by atoms with E-state index in [2.05, 4.69) is 5.32 Å². The Balaban J connectivity index is 2.26. The Hall–Kier alpha value is -1.76. The number of nitro groups is 1. The Labute approximate surface area is 108 Å². The smallest absolute Gasteiger partial charge is 0.270 e. The normalized spacial score (nSPS) is 22.7. The van der Waals surface area contributed by atoms with Crippen molar-refractivity contribution in [1.29, 1.82) is 0 Å². The molecule has 2 rings (SSSR count). The maximum absolute atomic E-state index is 12.9. The molecule has 1 aliphatic heterocycles. The van der Waals surface area contributed by atoms with Crippen LogP contribution < -0.4 is 5.32 Å². The molecule has 2 atom stereocenters. The summed E-state index contributed by atoms with van der Waals surface area (Å²) in [6.45, 7) is 2.44. The van der Waals surface area contributed by atoms with Crippen LogP contribution in [-0.4, -0.2) is 23.7 Å². The monoisotopic (exact) mass is 272 g/mol. The van der Waals surface area contributed by atoms with Gasteiger partial charge in [0.2, 0.25) is 0 Å². The van der Waals surface area contributed by atoms with E-state index in [1.54, 1.807) is 0 Å². The number of non-ortho nitro benzene ring substituents is 1. The van der Waals surface area contributed by atoms with E-state index in [1.807, 2.05) is 6.92 Å². The van der Waals surface area contributed by atoms with Gasteiger partial charge in [0, 0.05) is 30.0 Å². The molecular weight excluding hydrogens is 258 g/mol. The van der Waals surface area contributed by atoms with Crippen molar-refractivity contribution in [2.24, 2.45) is 0 Å². The molecule has 1 aromatic rings. The Morgan fingerprint density at radius 2 is 2.26 bits per heavy atom. The SMILES string of the molecule is CC1OCCC1Nc1ccc([N+](=O)[O-])cc1C(F)F. The van der Waals surface area contributed by atoms with Crippen LogP contribution in [0.15, 0.2) is 18.2 Å². The van der Waals surface area contributed by atoms with E-state index in [9.17, 15) is 18.9 Å². The molecule has 0 amide bonds. The van der Waals surface area contributed by atoms with E-state index in [0.717, 1.165) is 12.5 Å². The predicted octanol–water partition coefficient (Wildman–Crippen LogP) is 3.12. The quantitative estimate of drug-likeness (QED) is 0.675. The molecule has 1 saturated heterocycles. The Morgan fingerprint density at radius 1 is 1.53 bits per heavy atom. The van der Waals surface area contributed by atoms with Crippen LogP contribution >= 0.6 is 0 Å². The second kappa shape index (κ2) is 5.48. The molecule has 0 aromatic heterocycles. The average molecular weight is 272 g/mol. The number of rotatable bonds is 4. The number of benzene rings is 1. The van der Waals surface area contributed by atoms with Crippen molar-refractivity contribution < 1.29 is 18.4 Å². The van der Waals surface area contributed by atoms with Crippen LogP contribution in [0.5, 0.6) is 0 Å². The Bertz CT molecular complexity index is 482. The Morgan fingerprint density at radius 3 is 2.79 bits per heavy atom. The van der Waals surface area contributed by atoms with E-state index in [4.69, 9.17) is 4.74 Å². The van der Waals surface area contributed by atoms with Gasteiger partial charge in [-0.3, -0.25) is 10.1 Å². The summed E-state index contributed by atoms with van der Waals surface area (Å²) in [5.41, 5.74) is -0.465. The third-order valence-electron chi connectivity index (χ3n) is 3.20. The van der Waals surface area contributed by atoms with Crippen molar-refractivity contribution in [3.05, 3.63) is 33.9 Å². The number of nitrogens with one attached hydrogen (secondary N) is 1. The number of ether oxygens (including phenoxy) is 1. The number of hydrogen-bond donors (Lipinski definition) is 1. The molecule has 0 aliphatic carbocycles. The first-order valence-electron chi connectivity index (χ1n) is 5.93. The van der Waals surface area contributed by atoms with Gasteiger partial charge in [-0.05, 0) is 19.4 Å². The van der Waals surface area contributed by atoms with Crippen molar-refractivity contribution in [3.8, 4) is 0 Å². The molecule has 1 aromatic carbocycles. The minimum atomic E-state index is -2.76. The van der Waals surface area contributed by atoms with Gasteiger partial charge in [0.05, 0.1) is 17.1 Å². The van der Waals surface area contributed by atoms with Crippen molar-refractivity contribution in [2.45, 2.75) is 31.9 Å². The third kappa shape index (κ3) is 2.98. The maximum Gasteiger partial charge on any atom is 0.270 e. The molecule has 19 heavy (non-hydrogen) atoms. The summed E-state index contributed by atoms with van der Waals surface area (Å²) in [7, 11) is 0. The molecule has 0 radical (unpaired) electrons. The van der Waals surface area contributed by atoms with Gasteiger partial charge in [-0.2, -0.15) is 0 Å². The lowest BCUT2D eigenvalue weighted by Gasteiger charge is -2.19. The zero-order chi connectivity index (χ0) is 14.0. The highest BCUT2D eigenvalue weighted by Gasteiger charge is 2.26. The second-order valence-electron chi connectivity index (χ2n) is 4.44. The highest BCUT2D eigenvalue weighted by molar-refractivity contribution is 5.57. The van der Waals surface area contributed by atoms with Gasteiger partial charge in [-0.1, -0.05) is 0 Å². The molecule has 104 valence electrons. The first-order chi connectivity index (χ1) is 8.99. The topological polar surface area (TPSA) is 64.4 Å². The van der Waals surface area contributed by atoms with Crippen molar-refractivity contribution in [3.63, 3.8) is 0 Å². The van der Waals surface area contributed by atoms with E-state index in [0.29, 0.717) is 6.61 Å². The molecule has 1 N–H and O–H groups in total. The molecule has 1 fully saturated rings. The van der Waals surface area contributed by atoms with E-state index in [1.165, 1.54) is 12.1 Å². The van der Waals surface area contributed by atoms with Crippen LogP contribution in [0.3, 0.4) is 0 Å². The lowest BCUT2D eigenvalue weighted by molar-refractivity contribution is -0.385. The zero-order valence-corrected chi connectivity index (χ0v) is 10.3. The maximum atomic E-state index is 12.9. The number of anilines is 1. The number of hydrogen-bond acceptors (Lipinski definition) is 4. The lowest BCUT2D eigenvalue weighted by Crippen LogP contribution is -2.27. The summed E-state index contributed by atoms with van der Waals surface area (Å²) in [5, 5.41) is 13.6. The third-order valence-corrected chi connectivity index (χ3v) is 3.20. The first kappa shape index (κ1) is 13.7. The van der Waals surface area contributed by atoms with Gasteiger partial charge in [-0.15, -0.1) is 0 Å². The summed E-state index contributed by atoms with van der Waals surface area (Å²) in [6, 6.07) is 3.39. The van der Waals surface area contributed by atoms with Crippen LogP contribution in [0.1, 0.15) is 25.3 Å². The molecule has 0 saturated carbocycles. The highest BCUT2D eigenvalue weighted by Crippen LogP contribution is 2.32. The van der Waals surface area contributed by atoms with Crippen molar-refractivity contribution >= 4 is 11.4 Å². The van der Waals surface area contributed by atoms with Gasteiger partial charge in [-0.25, -0.2) is 8.78 Å². The molecule has 1 aliphatic rings. The van der Waals surface area contributed by atoms with Crippen LogP contribution in [0.25, 0.3) is 0 Å². The van der Waals surface area contributed by atoms with Gasteiger partial charge >= 0.3 is 0 Å². The summed E-state index contributed by atoms with van der Waals surface area (Å²) >= 11 is 0. The summed E-state index contributed by atoms with van der Waals surface area (Å²) in [5.74, 6) is 0. The van der Waals surface area contributed by atoms with Crippen LogP contribution in [0.2, 0.25) is 0 Å². The largest absolute Gasteiger partial charge is 0.379 e. The van der Waals surface area contributed by atoms with Crippen LogP contribution in [0.4, 0.5) is 20.2 Å². The fraction of sp³-hybridized carbons (Fsp3) is 0.500. The number of nitro benzene ring substituents is 1. The summed E-state index contributed by atoms with van der Waals surface area (Å²) in [4.78, 5) is 9.92. The van der Waals surface area contributed by atoms with E-state index >= 15 is 0 Å². The number of halogens is 2. The standard InChI is InChI=1S/C12H14F2N2O3/c1-7-10(4-5-19-7)15-11-3-2-8(16(17)18)6-9(11)12(13)14/h2-3,6-7,10,12,15H,4-5H2,1H3. The van der Waals surface area contributed by atoms with Gasteiger partial charge in [0.15, 0.2) is 0 Å². The highest BCUT2D eigenvalue weighted by atomic mass is 19.3. The number of nitrogens with zero attached hydrogens (tertiary/aromatic N) is 1. The number of alkyl halides is 2. The molecule has 0 bridgehead atoms. The van der Waals surface area contributed by atoms with Gasteiger partial charge < -0.3 is 10.1 Å². The first-order valence-corrected chi connectivity index (χ1v) is 5.93. The van der Waals surface area contributed by atoms with Gasteiger partial charge in [0.25, 0.3) is 12.1 Å². The molecule has 5 nitrogen and oxygen atoms in total. The summed E-state index contributed by atoms with van der Waals surface area (Å²) in [6.07, 6.45) is -2.11. The predicted molar refractivity (Wildman–Crippen MR) is 65.5 cm³/mol. The van der Waals surface area contributed by atoms with Gasteiger partial charge in [0.1, 0.15) is 0 Å². The molecular formula is C12H14F2N2O3. The fourth-order valence-corrected chi connectivity index (χ4v) is 2.10. The molecule has 1 heterocycles. The molecule has 2 unspecified atom stereocenters.